The van der Waals surface area contributed by atoms with Gasteiger partial charge in [-0.25, -0.2) is 14.8 Å². The minimum absolute atomic E-state index is 0.0432. The van der Waals surface area contributed by atoms with Crippen molar-refractivity contribution in [2.45, 2.75) is 71.4 Å². The molecule has 2 aliphatic rings. The molecule has 2 N–H and O–H groups in total. The molecule has 9 heteroatoms. The van der Waals surface area contributed by atoms with Crippen molar-refractivity contribution in [2.75, 3.05) is 11.9 Å². The molecule has 0 spiro atoms. The van der Waals surface area contributed by atoms with Crippen LogP contribution in [0.1, 0.15) is 64.0 Å². The third kappa shape index (κ3) is 6.10. The number of carbonyl (C=O) groups is 2. The monoisotopic (exact) mass is 567 g/mol. The number of aromatic nitrogens is 3. The van der Waals surface area contributed by atoms with Gasteiger partial charge < -0.3 is 24.7 Å². The van der Waals surface area contributed by atoms with Crippen molar-refractivity contribution >= 4 is 28.9 Å². The van der Waals surface area contributed by atoms with E-state index in [-0.39, 0.29) is 17.9 Å². The highest BCUT2D eigenvalue weighted by atomic mass is 16.6. The number of ether oxygens (including phenoxy) is 2. The van der Waals surface area contributed by atoms with Gasteiger partial charge >= 0.3 is 6.09 Å². The number of nitrogens with zero attached hydrogens (tertiary/aromatic N) is 3. The summed E-state index contributed by atoms with van der Waals surface area (Å²) in [4.78, 5) is 39.4. The van der Waals surface area contributed by atoms with Crippen LogP contribution in [-0.4, -0.2) is 44.0 Å². The van der Waals surface area contributed by atoms with E-state index in [1.165, 1.54) is 12.0 Å². The number of H-pyrrole nitrogens is 1. The summed E-state index contributed by atoms with van der Waals surface area (Å²) in [5, 5.41) is 3.86. The molecule has 0 bridgehead atoms. The number of rotatable bonds is 5. The molecule has 42 heavy (non-hydrogen) atoms. The van der Waals surface area contributed by atoms with Crippen LogP contribution < -0.4 is 10.1 Å². The highest BCUT2D eigenvalue weighted by Gasteiger charge is 2.26. The van der Waals surface area contributed by atoms with Gasteiger partial charge in [-0.05, 0) is 87.1 Å². The fourth-order valence-corrected chi connectivity index (χ4v) is 5.80. The number of fused-ring (bicyclic) bond motifs is 2. The van der Waals surface area contributed by atoms with Crippen LogP contribution in [0.2, 0.25) is 0 Å². The Balaban J connectivity index is 1.24. The van der Waals surface area contributed by atoms with Crippen molar-refractivity contribution in [3.05, 3.63) is 66.1 Å². The Hall–Kier alpha value is -4.40. The molecule has 0 unspecified atom stereocenters. The summed E-state index contributed by atoms with van der Waals surface area (Å²) in [6.07, 6.45) is 11.0. The standard InChI is InChI=1S/C33H37N5O4/c1-33(2,3)42-32(40)38-16-13-21-9-10-25(17-24(21)20-38)41-27-12-15-35-30-29(27)26(19-36-30)23-11-14-34-28(18-23)37-31(39)22-7-5-4-6-8-22/h9-12,14-15,17-19,22H,4-8,13,16,20H2,1-3H3,(H,35,36)(H,34,37,39). The third-order valence-corrected chi connectivity index (χ3v) is 7.90. The Labute approximate surface area is 245 Å². The van der Waals surface area contributed by atoms with Gasteiger partial charge in [0, 0.05) is 43.2 Å². The Kier molecular flexibility index (Phi) is 7.58. The van der Waals surface area contributed by atoms with Gasteiger partial charge in [-0.1, -0.05) is 25.3 Å². The Morgan fingerprint density at radius 1 is 1.00 bits per heavy atom. The summed E-state index contributed by atoms with van der Waals surface area (Å²) in [6.45, 7) is 6.71. The zero-order chi connectivity index (χ0) is 29.3. The maximum absolute atomic E-state index is 12.8. The zero-order valence-electron chi connectivity index (χ0n) is 24.4. The summed E-state index contributed by atoms with van der Waals surface area (Å²) in [6, 6.07) is 11.7. The van der Waals surface area contributed by atoms with Crippen molar-refractivity contribution in [1.29, 1.82) is 0 Å². The van der Waals surface area contributed by atoms with E-state index in [2.05, 4.69) is 26.3 Å². The van der Waals surface area contributed by atoms with Crippen molar-refractivity contribution in [3.63, 3.8) is 0 Å². The number of hydrogen-bond donors (Lipinski definition) is 2. The van der Waals surface area contributed by atoms with E-state index < -0.39 is 5.60 Å². The Morgan fingerprint density at radius 2 is 1.81 bits per heavy atom. The van der Waals surface area contributed by atoms with E-state index in [0.29, 0.717) is 36.1 Å². The van der Waals surface area contributed by atoms with E-state index in [1.807, 2.05) is 57.3 Å². The molecule has 1 aliphatic heterocycles. The number of aromatic amines is 1. The second-order valence-electron chi connectivity index (χ2n) is 12.2. The molecule has 0 radical (unpaired) electrons. The summed E-state index contributed by atoms with van der Waals surface area (Å²) < 4.78 is 12.0. The highest BCUT2D eigenvalue weighted by Crippen LogP contribution is 2.38. The quantitative estimate of drug-likeness (QED) is 0.263. The van der Waals surface area contributed by atoms with Crippen LogP contribution in [0.25, 0.3) is 22.2 Å². The number of carbonyl (C=O) groups excluding carboxylic acids is 2. The third-order valence-electron chi connectivity index (χ3n) is 7.90. The van der Waals surface area contributed by atoms with Gasteiger partial charge in [0.2, 0.25) is 5.91 Å². The van der Waals surface area contributed by atoms with Gasteiger partial charge in [0.1, 0.15) is 28.6 Å². The number of benzene rings is 1. The molecule has 4 aromatic rings. The summed E-state index contributed by atoms with van der Waals surface area (Å²) in [7, 11) is 0. The van der Waals surface area contributed by atoms with Gasteiger partial charge in [0.05, 0.1) is 5.39 Å². The number of hydrogen-bond acceptors (Lipinski definition) is 6. The van der Waals surface area contributed by atoms with E-state index in [9.17, 15) is 9.59 Å². The smallest absolute Gasteiger partial charge is 0.410 e. The van der Waals surface area contributed by atoms with Crippen LogP contribution in [0.4, 0.5) is 10.6 Å². The van der Waals surface area contributed by atoms with E-state index in [0.717, 1.165) is 54.2 Å². The van der Waals surface area contributed by atoms with Crippen LogP contribution in [-0.2, 0) is 22.5 Å². The minimum atomic E-state index is -0.542. The molecule has 6 rings (SSSR count). The predicted octanol–water partition coefficient (Wildman–Crippen LogP) is 7.23. The Bertz CT molecular complexity index is 1620. The predicted molar refractivity (Wildman–Crippen MR) is 161 cm³/mol. The Morgan fingerprint density at radius 3 is 2.62 bits per heavy atom. The number of nitrogens with one attached hydrogen (secondary N) is 2. The van der Waals surface area contributed by atoms with Crippen LogP contribution in [0.5, 0.6) is 11.5 Å². The van der Waals surface area contributed by atoms with E-state index >= 15 is 0 Å². The van der Waals surface area contributed by atoms with Crippen molar-refractivity contribution < 1.29 is 19.1 Å². The van der Waals surface area contributed by atoms with Crippen LogP contribution in [0.3, 0.4) is 0 Å². The summed E-state index contributed by atoms with van der Waals surface area (Å²) >= 11 is 0. The molecule has 2 amide bonds. The van der Waals surface area contributed by atoms with Crippen molar-refractivity contribution in [1.82, 2.24) is 19.9 Å². The van der Waals surface area contributed by atoms with Gasteiger partial charge in [-0.2, -0.15) is 0 Å². The first kappa shape index (κ1) is 27.8. The first-order valence-electron chi connectivity index (χ1n) is 14.7. The van der Waals surface area contributed by atoms with Crippen molar-refractivity contribution in [3.8, 4) is 22.6 Å². The molecule has 218 valence electrons. The van der Waals surface area contributed by atoms with Crippen molar-refractivity contribution in [2.24, 2.45) is 5.92 Å². The van der Waals surface area contributed by atoms with Gasteiger partial charge in [-0.3, -0.25) is 4.79 Å². The number of pyridine rings is 2. The van der Waals surface area contributed by atoms with Crippen LogP contribution in [0, 0.1) is 5.92 Å². The van der Waals surface area contributed by atoms with Gasteiger partial charge in [0.25, 0.3) is 0 Å². The second-order valence-corrected chi connectivity index (χ2v) is 12.2. The maximum Gasteiger partial charge on any atom is 0.410 e. The largest absolute Gasteiger partial charge is 0.457 e. The molecule has 9 nitrogen and oxygen atoms in total. The second kappa shape index (κ2) is 11.5. The molecular weight excluding hydrogens is 530 g/mol. The fourth-order valence-electron chi connectivity index (χ4n) is 5.80. The molecule has 1 aliphatic carbocycles. The average molecular weight is 568 g/mol. The lowest BCUT2D eigenvalue weighted by atomic mass is 9.89. The fraction of sp³-hybridized carbons (Fsp3) is 0.394. The molecule has 0 saturated heterocycles. The lowest BCUT2D eigenvalue weighted by molar-refractivity contribution is -0.120. The molecule has 0 atom stereocenters. The maximum atomic E-state index is 12.8. The van der Waals surface area contributed by atoms with Gasteiger partial charge in [0.15, 0.2) is 0 Å². The molecular formula is C33H37N5O4. The first-order chi connectivity index (χ1) is 20.2. The summed E-state index contributed by atoms with van der Waals surface area (Å²) in [5.41, 5.74) is 4.19. The minimum Gasteiger partial charge on any atom is -0.457 e. The highest BCUT2D eigenvalue weighted by molar-refractivity contribution is 5.99. The number of anilines is 1. The molecule has 3 aromatic heterocycles. The lowest BCUT2D eigenvalue weighted by Gasteiger charge is -2.31. The van der Waals surface area contributed by atoms with E-state index in [4.69, 9.17) is 9.47 Å². The van der Waals surface area contributed by atoms with Crippen LogP contribution >= 0.6 is 0 Å². The molecule has 1 saturated carbocycles. The number of amides is 2. The molecule has 1 aromatic carbocycles. The van der Waals surface area contributed by atoms with Crippen LogP contribution in [0.15, 0.2) is 55.0 Å². The summed E-state index contributed by atoms with van der Waals surface area (Å²) in [5.74, 6) is 1.96. The average Bonchev–Trinajstić information content (AvgIpc) is 3.42. The van der Waals surface area contributed by atoms with E-state index in [1.54, 1.807) is 17.3 Å². The molecule has 1 fully saturated rings. The normalized spacial score (nSPS) is 15.7. The molecule has 4 heterocycles. The first-order valence-corrected chi connectivity index (χ1v) is 14.7. The SMILES string of the molecule is CC(C)(C)OC(=O)N1CCc2ccc(Oc3ccnc4[nH]cc(-c5ccnc(NC(=O)C6CCCCC6)c5)c34)cc2C1. The topological polar surface area (TPSA) is 109 Å². The van der Waals surface area contributed by atoms with Gasteiger partial charge in [-0.15, -0.1) is 0 Å². The lowest BCUT2D eigenvalue weighted by Crippen LogP contribution is -2.39. The zero-order valence-corrected chi connectivity index (χ0v) is 24.4.